The first-order valence-corrected chi connectivity index (χ1v) is 6.40. The summed E-state index contributed by atoms with van der Waals surface area (Å²) >= 11 is 0. The van der Waals surface area contributed by atoms with Gasteiger partial charge in [0, 0.05) is 16.7 Å². The predicted octanol–water partition coefficient (Wildman–Crippen LogP) is 3.45. The Morgan fingerprint density at radius 1 is 0.952 bits per heavy atom. The second-order valence-corrected chi connectivity index (χ2v) is 4.75. The molecule has 2 aromatic rings. The van der Waals surface area contributed by atoms with Crippen molar-refractivity contribution in [2.75, 3.05) is 0 Å². The number of ketones is 2. The molecule has 0 spiro atoms. The molecule has 0 bridgehead atoms. The van der Waals surface area contributed by atoms with Crippen LogP contribution in [0.4, 0.5) is 0 Å². The third-order valence-corrected chi connectivity index (χ3v) is 3.24. The number of terminal acetylenes is 1. The van der Waals surface area contributed by atoms with Gasteiger partial charge in [0.15, 0.2) is 11.6 Å². The molecule has 0 amide bonds. The van der Waals surface area contributed by atoms with Crippen LogP contribution >= 0.6 is 0 Å². The molecule has 0 aliphatic rings. The first-order chi connectivity index (χ1) is 9.93. The minimum absolute atomic E-state index is 0.00794. The molecule has 0 unspecified atom stereocenters. The molecule has 3 nitrogen and oxygen atoms in total. The quantitative estimate of drug-likeness (QED) is 0.691. The van der Waals surface area contributed by atoms with Gasteiger partial charge in [0.2, 0.25) is 0 Å². The summed E-state index contributed by atoms with van der Waals surface area (Å²) in [6.07, 6.45) is 5.36. The Bertz CT molecular complexity index is 780. The lowest BCUT2D eigenvalue weighted by Gasteiger charge is -2.12. The van der Waals surface area contributed by atoms with Gasteiger partial charge in [0.05, 0.1) is 0 Å². The van der Waals surface area contributed by atoms with Crippen molar-refractivity contribution in [1.82, 2.24) is 0 Å². The third kappa shape index (κ3) is 2.85. The minimum Gasteiger partial charge on any atom is -0.508 e. The first-order valence-electron chi connectivity index (χ1n) is 6.40. The van der Waals surface area contributed by atoms with E-state index < -0.39 is 0 Å². The van der Waals surface area contributed by atoms with Crippen molar-refractivity contribution in [3.8, 4) is 29.2 Å². The fourth-order valence-electron chi connectivity index (χ4n) is 2.22. The molecule has 0 saturated heterocycles. The largest absolute Gasteiger partial charge is 0.508 e. The Kier molecular flexibility index (Phi) is 3.91. The highest BCUT2D eigenvalue weighted by Gasteiger charge is 2.16. The highest BCUT2D eigenvalue weighted by atomic mass is 16.3. The number of phenolic OH excluding ortho intramolecular Hbond substituents is 1. The number of carbonyl (C=O) groups excluding carboxylic acids is 2. The number of aromatic hydroxyl groups is 1. The summed E-state index contributed by atoms with van der Waals surface area (Å²) < 4.78 is 0. The van der Waals surface area contributed by atoms with E-state index in [-0.39, 0.29) is 17.3 Å². The van der Waals surface area contributed by atoms with Crippen LogP contribution in [0.15, 0.2) is 36.4 Å². The molecule has 3 heteroatoms. The van der Waals surface area contributed by atoms with Crippen LogP contribution in [0.1, 0.15) is 40.1 Å². The maximum Gasteiger partial charge on any atom is 0.160 e. The molecular weight excluding hydrogens is 264 g/mol. The van der Waals surface area contributed by atoms with E-state index in [4.69, 9.17) is 6.42 Å². The number of rotatable bonds is 3. The van der Waals surface area contributed by atoms with E-state index >= 15 is 0 Å². The van der Waals surface area contributed by atoms with Gasteiger partial charge in [-0.2, -0.15) is 0 Å². The maximum atomic E-state index is 11.9. The Hall–Kier alpha value is -2.86. The molecule has 0 fully saturated rings. The van der Waals surface area contributed by atoms with Crippen LogP contribution in [0.2, 0.25) is 0 Å². The molecule has 2 aromatic carbocycles. The number of carbonyl (C=O) groups is 2. The summed E-state index contributed by atoms with van der Waals surface area (Å²) in [5, 5.41) is 9.55. The molecule has 0 atom stereocenters. The summed E-state index contributed by atoms with van der Waals surface area (Å²) in [4.78, 5) is 23.6. The Balaban J connectivity index is 2.76. The fraction of sp³-hybridized carbons (Fsp3) is 0.111. The second-order valence-electron chi connectivity index (χ2n) is 4.75. The third-order valence-electron chi connectivity index (χ3n) is 3.24. The van der Waals surface area contributed by atoms with Crippen molar-refractivity contribution in [1.29, 1.82) is 0 Å². The zero-order chi connectivity index (χ0) is 15.6. The number of hydrogen-bond donors (Lipinski definition) is 1. The number of hydrogen-bond acceptors (Lipinski definition) is 3. The number of Topliss-reactive ketones (excluding diaryl/α,β-unsaturated/α-hetero) is 2. The lowest BCUT2D eigenvalue weighted by Crippen LogP contribution is -2.01. The van der Waals surface area contributed by atoms with E-state index in [9.17, 15) is 14.7 Å². The standard InChI is InChI=1S/C18H14O3/c1-4-13-5-7-15(17(9-13)11(2)19)16-8-6-14(21)10-18(16)12(3)20/h1,5-10,21H,2-3H3. The summed E-state index contributed by atoms with van der Waals surface area (Å²) in [6, 6.07) is 9.60. The van der Waals surface area contributed by atoms with Crippen LogP contribution in [0.5, 0.6) is 5.75 Å². The highest BCUT2D eigenvalue weighted by Crippen LogP contribution is 2.31. The van der Waals surface area contributed by atoms with Gasteiger partial charge in [-0.3, -0.25) is 9.59 Å². The predicted molar refractivity (Wildman–Crippen MR) is 81.5 cm³/mol. The van der Waals surface area contributed by atoms with Gasteiger partial charge in [0.25, 0.3) is 0 Å². The second kappa shape index (κ2) is 5.64. The van der Waals surface area contributed by atoms with Crippen LogP contribution in [0, 0.1) is 12.3 Å². The molecule has 0 aliphatic heterocycles. The zero-order valence-corrected chi connectivity index (χ0v) is 11.8. The molecular formula is C18H14O3. The van der Waals surface area contributed by atoms with Gasteiger partial charge >= 0.3 is 0 Å². The highest BCUT2D eigenvalue weighted by molar-refractivity contribution is 6.06. The molecule has 1 N–H and O–H groups in total. The molecule has 0 heterocycles. The van der Waals surface area contributed by atoms with Crippen LogP contribution in [0.3, 0.4) is 0 Å². The van der Waals surface area contributed by atoms with Crippen LogP contribution in [-0.2, 0) is 0 Å². The molecule has 104 valence electrons. The van der Waals surface area contributed by atoms with Gasteiger partial charge in [0.1, 0.15) is 5.75 Å². The van der Waals surface area contributed by atoms with Gasteiger partial charge in [-0.1, -0.05) is 12.0 Å². The average molecular weight is 278 g/mol. The van der Waals surface area contributed by atoms with E-state index in [1.54, 1.807) is 24.3 Å². The van der Waals surface area contributed by atoms with Crippen LogP contribution in [0.25, 0.3) is 11.1 Å². The van der Waals surface area contributed by atoms with Crippen molar-refractivity contribution in [2.24, 2.45) is 0 Å². The summed E-state index contributed by atoms with van der Waals surface area (Å²) in [6.45, 7) is 2.87. The van der Waals surface area contributed by atoms with Crippen molar-refractivity contribution >= 4 is 11.6 Å². The number of benzene rings is 2. The lowest BCUT2D eigenvalue weighted by molar-refractivity contribution is 0.100. The van der Waals surface area contributed by atoms with E-state index in [1.807, 2.05) is 0 Å². The van der Waals surface area contributed by atoms with Crippen molar-refractivity contribution in [3.05, 3.63) is 53.1 Å². The fourth-order valence-corrected chi connectivity index (χ4v) is 2.22. The smallest absolute Gasteiger partial charge is 0.160 e. The molecule has 0 aliphatic carbocycles. The summed E-state index contributed by atoms with van der Waals surface area (Å²) in [5.41, 5.74) is 2.66. The topological polar surface area (TPSA) is 54.4 Å². The van der Waals surface area contributed by atoms with Gasteiger partial charge < -0.3 is 5.11 Å². The number of phenols is 1. The average Bonchev–Trinajstić information content (AvgIpc) is 2.46. The Morgan fingerprint density at radius 2 is 1.48 bits per heavy atom. The molecule has 0 radical (unpaired) electrons. The SMILES string of the molecule is C#Cc1ccc(-c2ccc(O)cc2C(C)=O)c(C(C)=O)c1. The normalized spacial score (nSPS) is 9.95. The van der Waals surface area contributed by atoms with Crippen molar-refractivity contribution in [2.45, 2.75) is 13.8 Å². The van der Waals surface area contributed by atoms with Crippen molar-refractivity contribution < 1.29 is 14.7 Å². The molecule has 21 heavy (non-hydrogen) atoms. The Labute approximate surface area is 123 Å². The van der Waals surface area contributed by atoms with E-state index in [2.05, 4.69) is 5.92 Å². The zero-order valence-electron chi connectivity index (χ0n) is 11.8. The van der Waals surface area contributed by atoms with Gasteiger partial charge in [-0.15, -0.1) is 6.42 Å². The van der Waals surface area contributed by atoms with Gasteiger partial charge in [-0.05, 0) is 55.3 Å². The summed E-state index contributed by atoms with van der Waals surface area (Å²) in [7, 11) is 0. The van der Waals surface area contributed by atoms with E-state index in [0.29, 0.717) is 27.8 Å². The van der Waals surface area contributed by atoms with E-state index in [1.165, 1.54) is 26.0 Å². The van der Waals surface area contributed by atoms with Crippen molar-refractivity contribution in [3.63, 3.8) is 0 Å². The molecule has 0 aromatic heterocycles. The first kappa shape index (κ1) is 14.5. The van der Waals surface area contributed by atoms with Crippen LogP contribution in [-0.4, -0.2) is 16.7 Å². The molecule has 2 rings (SSSR count). The minimum atomic E-state index is -0.184. The molecule has 0 saturated carbocycles. The van der Waals surface area contributed by atoms with Crippen LogP contribution < -0.4 is 0 Å². The maximum absolute atomic E-state index is 11.9. The van der Waals surface area contributed by atoms with Gasteiger partial charge in [-0.25, -0.2) is 0 Å². The summed E-state index contributed by atoms with van der Waals surface area (Å²) in [5.74, 6) is 2.18. The monoisotopic (exact) mass is 278 g/mol. The Morgan fingerprint density at radius 3 is 2.00 bits per heavy atom. The van der Waals surface area contributed by atoms with E-state index in [0.717, 1.165) is 0 Å². The lowest BCUT2D eigenvalue weighted by atomic mass is 9.91.